The summed E-state index contributed by atoms with van der Waals surface area (Å²) in [5.74, 6) is -1.97. The molecule has 0 amide bonds. The summed E-state index contributed by atoms with van der Waals surface area (Å²) in [6.45, 7) is -0.198. The number of phenols is 1. The topological polar surface area (TPSA) is 49.8 Å². The summed E-state index contributed by atoms with van der Waals surface area (Å²) in [6, 6.07) is 5.33. The lowest BCUT2D eigenvalue weighted by molar-refractivity contribution is -0.169. The molecule has 0 spiro atoms. The highest BCUT2D eigenvalue weighted by atomic mass is 19.4. The summed E-state index contributed by atoms with van der Waals surface area (Å²) in [6.07, 6.45) is -4.52. The summed E-state index contributed by atoms with van der Waals surface area (Å²) < 4.78 is 43.3. The molecule has 1 heterocycles. The van der Waals surface area contributed by atoms with Crippen molar-refractivity contribution in [2.75, 3.05) is 18.6 Å². The second-order valence-corrected chi connectivity index (χ2v) is 5.08. The number of aromatic hydroxyl groups is 1. The average Bonchev–Trinajstić information content (AvgIpc) is 2.83. The normalized spacial score (nSPS) is 22.4. The maximum Gasteiger partial charge on any atom is 0.393 e. The number of rotatable bonds is 3. The largest absolute Gasteiger partial charge is 0.508 e. The van der Waals surface area contributed by atoms with Gasteiger partial charge >= 0.3 is 12.1 Å². The number of methoxy groups -OCH3 is 1. The van der Waals surface area contributed by atoms with Gasteiger partial charge in [0, 0.05) is 18.3 Å². The highest BCUT2D eigenvalue weighted by Crippen LogP contribution is 2.40. The molecule has 0 radical (unpaired) electrons. The van der Waals surface area contributed by atoms with Gasteiger partial charge in [-0.15, -0.1) is 0 Å². The summed E-state index contributed by atoms with van der Waals surface area (Å²) in [4.78, 5) is 12.9. The molecule has 1 aromatic carbocycles. The van der Waals surface area contributed by atoms with Crippen LogP contribution in [-0.4, -0.2) is 36.9 Å². The zero-order valence-electron chi connectivity index (χ0n) is 11.4. The summed E-state index contributed by atoms with van der Waals surface area (Å²) in [5.41, 5.74) is 0.549. The fraction of sp³-hybridized carbons (Fsp3) is 0.500. The van der Waals surface area contributed by atoms with E-state index >= 15 is 0 Å². The van der Waals surface area contributed by atoms with Crippen LogP contribution in [0.25, 0.3) is 0 Å². The van der Waals surface area contributed by atoms with Crippen molar-refractivity contribution in [1.29, 1.82) is 0 Å². The van der Waals surface area contributed by atoms with Crippen LogP contribution >= 0.6 is 0 Å². The Hall–Kier alpha value is -1.92. The Kier molecular flexibility index (Phi) is 4.29. The fourth-order valence-electron chi connectivity index (χ4n) is 2.58. The van der Waals surface area contributed by atoms with Crippen molar-refractivity contribution in [1.82, 2.24) is 0 Å². The van der Waals surface area contributed by atoms with Crippen LogP contribution in [0.1, 0.15) is 12.8 Å². The molecule has 4 nitrogen and oxygen atoms in total. The second-order valence-electron chi connectivity index (χ2n) is 5.08. The summed E-state index contributed by atoms with van der Waals surface area (Å²) in [5, 5.41) is 9.26. The fourth-order valence-corrected chi connectivity index (χ4v) is 2.58. The average molecular weight is 303 g/mol. The molecule has 0 aliphatic carbocycles. The molecule has 0 bridgehead atoms. The van der Waals surface area contributed by atoms with E-state index in [9.17, 15) is 23.1 Å². The Morgan fingerprint density at radius 2 is 2.00 bits per heavy atom. The van der Waals surface area contributed by atoms with Gasteiger partial charge in [-0.25, -0.2) is 0 Å². The van der Waals surface area contributed by atoms with E-state index in [0.717, 1.165) is 0 Å². The number of phenolic OH excluding ortho intramolecular Hbond substituents is 1. The van der Waals surface area contributed by atoms with Gasteiger partial charge in [-0.3, -0.25) is 4.79 Å². The maximum absolute atomic E-state index is 12.9. The number of benzene rings is 1. The van der Waals surface area contributed by atoms with Crippen molar-refractivity contribution >= 4 is 11.7 Å². The molecule has 0 aromatic heterocycles. The molecular formula is C14H16F3NO3. The van der Waals surface area contributed by atoms with E-state index in [0.29, 0.717) is 5.69 Å². The number of ether oxygens (including phenoxy) is 1. The molecule has 1 aliphatic heterocycles. The lowest BCUT2D eigenvalue weighted by atomic mass is 10.0. The number of alkyl halides is 3. The van der Waals surface area contributed by atoms with Crippen molar-refractivity contribution in [3.63, 3.8) is 0 Å². The lowest BCUT2D eigenvalue weighted by Gasteiger charge is -2.26. The number of carbonyl (C=O) groups is 1. The maximum atomic E-state index is 12.9. The number of nitrogens with zero attached hydrogens (tertiary/aromatic N) is 1. The first-order valence-corrected chi connectivity index (χ1v) is 6.50. The Balaban J connectivity index is 2.22. The zero-order valence-corrected chi connectivity index (χ0v) is 11.4. The number of halogens is 3. The van der Waals surface area contributed by atoms with Gasteiger partial charge < -0.3 is 14.7 Å². The number of hydrogen-bond donors (Lipinski definition) is 1. The molecule has 1 saturated heterocycles. The molecule has 1 N–H and O–H groups in total. The summed E-state index contributed by atoms with van der Waals surface area (Å²) in [7, 11) is 1.21. The Morgan fingerprint density at radius 3 is 2.52 bits per heavy atom. The van der Waals surface area contributed by atoms with Gasteiger partial charge in [0.15, 0.2) is 0 Å². The minimum absolute atomic E-state index is 0.0369. The van der Waals surface area contributed by atoms with Gasteiger partial charge in [0.1, 0.15) is 5.75 Å². The van der Waals surface area contributed by atoms with Crippen LogP contribution in [0.2, 0.25) is 0 Å². The van der Waals surface area contributed by atoms with Gasteiger partial charge in [0.05, 0.1) is 19.4 Å². The van der Waals surface area contributed by atoms with Crippen LogP contribution in [-0.2, 0) is 9.53 Å². The molecular weight excluding hydrogens is 287 g/mol. The molecule has 2 atom stereocenters. The van der Waals surface area contributed by atoms with E-state index in [-0.39, 0.29) is 25.1 Å². The first-order valence-electron chi connectivity index (χ1n) is 6.50. The number of carbonyl (C=O) groups excluding carboxylic acids is 1. The Labute approximate surface area is 120 Å². The third-order valence-corrected chi connectivity index (χ3v) is 3.69. The van der Waals surface area contributed by atoms with Crippen LogP contribution < -0.4 is 4.90 Å². The molecule has 2 rings (SSSR count). The Bertz CT molecular complexity index is 501. The van der Waals surface area contributed by atoms with Gasteiger partial charge in [-0.05, 0) is 30.7 Å². The minimum atomic E-state index is -4.29. The zero-order chi connectivity index (χ0) is 15.6. The standard InChI is InChI=1S/C14H16F3NO3/c1-21-13(20)7-11-6-9(14(15,16)17)8-18(11)10-2-4-12(19)5-3-10/h2-5,9,11,19H,6-8H2,1H3/t9-,11-/m0/s1. The smallest absolute Gasteiger partial charge is 0.393 e. The number of esters is 1. The van der Waals surface area contributed by atoms with Gasteiger partial charge in [0.25, 0.3) is 0 Å². The molecule has 0 saturated carbocycles. The molecule has 1 fully saturated rings. The monoisotopic (exact) mass is 303 g/mol. The van der Waals surface area contributed by atoms with Crippen LogP contribution in [0.3, 0.4) is 0 Å². The highest BCUT2D eigenvalue weighted by Gasteiger charge is 2.47. The van der Waals surface area contributed by atoms with E-state index < -0.39 is 24.1 Å². The van der Waals surface area contributed by atoms with Crippen molar-refractivity contribution in [2.24, 2.45) is 5.92 Å². The highest BCUT2D eigenvalue weighted by molar-refractivity contribution is 5.71. The predicted molar refractivity (Wildman–Crippen MR) is 70.0 cm³/mol. The van der Waals surface area contributed by atoms with E-state index in [1.54, 1.807) is 17.0 Å². The van der Waals surface area contributed by atoms with Crippen LogP contribution in [0.4, 0.5) is 18.9 Å². The molecule has 1 aromatic rings. The van der Waals surface area contributed by atoms with Crippen LogP contribution in [0.15, 0.2) is 24.3 Å². The van der Waals surface area contributed by atoms with Crippen LogP contribution in [0, 0.1) is 5.92 Å². The van der Waals surface area contributed by atoms with Crippen LogP contribution in [0.5, 0.6) is 5.75 Å². The van der Waals surface area contributed by atoms with Crippen molar-refractivity contribution in [3.8, 4) is 5.75 Å². The van der Waals surface area contributed by atoms with E-state index in [4.69, 9.17) is 0 Å². The third-order valence-electron chi connectivity index (χ3n) is 3.69. The van der Waals surface area contributed by atoms with Gasteiger partial charge in [-0.1, -0.05) is 0 Å². The van der Waals surface area contributed by atoms with Crippen molar-refractivity contribution < 1.29 is 27.8 Å². The van der Waals surface area contributed by atoms with E-state index in [1.807, 2.05) is 0 Å². The van der Waals surface area contributed by atoms with Gasteiger partial charge in [-0.2, -0.15) is 13.2 Å². The SMILES string of the molecule is COC(=O)C[C@@H]1C[C@H](C(F)(F)F)CN1c1ccc(O)cc1. The van der Waals surface area contributed by atoms with Gasteiger partial charge in [0.2, 0.25) is 0 Å². The predicted octanol–water partition coefficient (Wildman–Crippen LogP) is 2.71. The van der Waals surface area contributed by atoms with E-state index in [1.165, 1.54) is 19.2 Å². The molecule has 7 heteroatoms. The Morgan fingerprint density at radius 1 is 1.38 bits per heavy atom. The first kappa shape index (κ1) is 15.5. The number of hydrogen-bond acceptors (Lipinski definition) is 4. The summed E-state index contributed by atoms with van der Waals surface area (Å²) >= 11 is 0. The van der Waals surface area contributed by atoms with Crippen molar-refractivity contribution in [3.05, 3.63) is 24.3 Å². The first-order chi connectivity index (χ1) is 9.81. The third kappa shape index (κ3) is 3.59. The minimum Gasteiger partial charge on any atom is -0.508 e. The molecule has 1 aliphatic rings. The quantitative estimate of drug-likeness (QED) is 0.872. The van der Waals surface area contributed by atoms with E-state index in [2.05, 4.69) is 4.74 Å². The van der Waals surface area contributed by atoms with Crippen molar-refractivity contribution in [2.45, 2.75) is 25.1 Å². The molecule has 21 heavy (non-hydrogen) atoms. The molecule has 116 valence electrons. The second kappa shape index (κ2) is 5.83. The number of anilines is 1. The lowest BCUT2D eigenvalue weighted by Crippen LogP contribution is -2.32. The molecule has 0 unspecified atom stereocenters.